The molecule has 3 rings (SSSR count). The molecule has 1 heterocycles. The fraction of sp³-hybridized carbons (Fsp3) is 0.150. The van der Waals surface area contributed by atoms with Crippen LogP contribution in [0.2, 0.25) is 5.02 Å². The van der Waals surface area contributed by atoms with Crippen molar-refractivity contribution in [1.82, 2.24) is 0 Å². The molecule has 9 heteroatoms. The van der Waals surface area contributed by atoms with E-state index in [9.17, 15) is 14.4 Å². The Balaban J connectivity index is 1.75. The number of hydrogen-bond acceptors (Lipinski definition) is 6. The van der Waals surface area contributed by atoms with Gasteiger partial charge in [-0.05, 0) is 82.7 Å². The van der Waals surface area contributed by atoms with Crippen LogP contribution in [0.15, 0.2) is 51.8 Å². The third kappa shape index (κ3) is 5.20. The number of carbonyl (C=O) groups is 3. The fourth-order valence-corrected chi connectivity index (χ4v) is 3.97. The van der Waals surface area contributed by atoms with Gasteiger partial charge in [0.1, 0.15) is 5.75 Å². The Morgan fingerprint density at radius 2 is 1.93 bits per heavy atom. The summed E-state index contributed by atoms with van der Waals surface area (Å²) >= 11 is 10.1. The molecule has 150 valence electrons. The Kier molecular flexibility index (Phi) is 7.00. The fourth-order valence-electron chi connectivity index (χ4n) is 2.50. The second kappa shape index (κ2) is 9.47. The number of benzene rings is 2. The van der Waals surface area contributed by atoms with Gasteiger partial charge in [0.2, 0.25) is 0 Å². The Morgan fingerprint density at radius 3 is 2.59 bits per heavy atom. The molecule has 0 atom stereocenters. The topological polar surface area (TPSA) is 72.9 Å². The quantitative estimate of drug-likeness (QED) is 0.400. The molecule has 0 bridgehead atoms. The van der Waals surface area contributed by atoms with Crippen molar-refractivity contribution in [2.24, 2.45) is 0 Å². The van der Waals surface area contributed by atoms with E-state index in [1.54, 1.807) is 55.5 Å². The van der Waals surface area contributed by atoms with E-state index in [1.807, 2.05) is 0 Å². The first-order valence-corrected chi connectivity index (χ1v) is 10.5. The number of amides is 2. The third-order valence-corrected chi connectivity index (χ3v) is 5.52. The summed E-state index contributed by atoms with van der Waals surface area (Å²) in [5.74, 6) is -0.398. The first-order chi connectivity index (χ1) is 13.9. The number of rotatable bonds is 6. The highest BCUT2D eigenvalue weighted by atomic mass is 79.9. The average Bonchev–Trinajstić information content (AvgIpc) is 2.95. The van der Waals surface area contributed by atoms with Gasteiger partial charge >= 0.3 is 5.97 Å². The van der Waals surface area contributed by atoms with Crippen molar-refractivity contribution in [3.05, 3.63) is 62.4 Å². The van der Waals surface area contributed by atoms with Crippen LogP contribution >= 0.6 is 39.3 Å². The van der Waals surface area contributed by atoms with E-state index in [4.69, 9.17) is 21.1 Å². The zero-order valence-electron chi connectivity index (χ0n) is 15.2. The zero-order valence-corrected chi connectivity index (χ0v) is 18.3. The molecule has 0 saturated carbocycles. The summed E-state index contributed by atoms with van der Waals surface area (Å²) in [6, 6.07) is 11.6. The zero-order chi connectivity index (χ0) is 21.0. The number of imide groups is 1. The lowest BCUT2D eigenvalue weighted by Gasteiger charge is -2.12. The monoisotopic (exact) mass is 495 g/mol. The lowest BCUT2D eigenvalue weighted by atomic mass is 10.2. The first-order valence-electron chi connectivity index (χ1n) is 8.50. The molecule has 6 nitrogen and oxygen atoms in total. The molecule has 29 heavy (non-hydrogen) atoms. The summed E-state index contributed by atoms with van der Waals surface area (Å²) in [7, 11) is 0. The van der Waals surface area contributed by atoms with E-state index in [2.05, 4.69) is 15.9 Å². The van der Waals surface area contributed by atoms with Gasteiger partial charge in [0, 0.05) is 5.02 Å². The Hall–Kier alpha value is -2.29. The molecular weight excluding hydrogens is 482 g/mol. The van der Waals surface area contributed by atoms with Gasteiger partial charge in [-0.1, -0.05) is 17.7 Å². The largest absolute Gasteiger partial charge is 0.481 e. The SMILES string of the molecule is CCOC(=O)COc1ccc(/C=C2/SC(=O)N(c3ccc(Cl)cc3)C2=O)cc1Br. The molecule has 0 unspecified atom stereocenters. The molecule has 0 radical (unpaired) electrons. The molecule has 1 aliphatic heterocycles. The number of thioether (sulfide) groups is 1. The van der Waals surface area contributed by atoms with Crippen LogP contribution in [0.5, 0.6) is 5.75 Å². The molecule has 2 amide bonds. The molecule has 2 aromatic carbocycles. The third-order valence-electron chi connectivity index (χ3n) is 3.78. The molecule has 0 N–H and O–H groups in total. The molecule has 2 aromatic rings. The molecule has 0 aromatic heterocycles. The lowest BCUT2D eigenvalue weighted by molar-refractivity contribution is -0.145. The van der Waals surface area contributed by atoms with Crippen molar-refractivity contribution in [2.75, 3.05) is 18.1 Å². The lowest BCUT2D eigenvalue weighted by Crippen LogP contribution is -2.27. The standard InChI is InChI=1S/C20H15BrClNO5S/c1-2-27-18(24)11-28-16-8-3-12(9-15(16)21)10-17-19(25)23(20(26)29-17)14-6-4-13(22)5-7-14/h3-10H,2,11H2,1H3/b17-10+. The summed E-state index contributed by atoms with van der Waals surface area (Å²) in [5.41, 5.74) is 1.16. The summed E-state index contributed by atoms with van der Waals surface area (Å²) in [6.07, 6.45) is 1.63. The van der Waals surface area contributed by atoms with Crippen LogP contribution in [-0.4, -0.2) is 30.3 Å². The Labute approximate surface area is 184 Å². The van der Waals surface area contributed by atoms with E-state index in [0.29, 0.717) is 31.4 Å². The van der Waals surface area contributed by atoms with Gasteiger partial charge in [0.25, 0.3) is 11.1 Å². The Morgan fingerprint density at radius 1 is 1.21 bits per heavy atom. The van der Waals surface area contributed by atoms with E-state index < -0.39 is 11.9 Å². The number of nitrogens with zero attached hydrogens (tertiary/aromatic N) is 1. The molecule has 1 aliphatic rings. The minimum absolute atomic E-state index is 0.203. The minimum atomic E-state index is -0.459. The summed E-state index contributed by atoms with van der Waals surface area (Å²) in [5, 5.41) is 0.142. The molecule has 0 spiro atoms. The second-order valence-corrected chi connectivity index (χ2v) is 8.06. The van der Waals surface area contributed by atoms with E-state index in [-0.39, 0.29) is 18.5 Å². The smallest absolute Gasteiger partial charge is 0.344 e. The molecule has 1 saturated heterocycles. The highest BCUT2D eigenvalue weighted by molar-refractivity contribution is 9.10. The number of carbonyl (C=O) groups excluding carboxylic acids is 3. The molecule has 1 fully saturated rings. The molecule has 0 aliphatic carbocycles. The van der Waals surface area contributed by atoms with Crippen molar-refractivity contribution in [3.63, 3.8) is 0 Å². The predicted octanol–water partition coefficient (Wildman–Crippen LogP) is 5.29. The predicted molar refractivity (Wildman–Crippen MR) is 116 cm³/mol. The normalized spacial score (nSPS) is 15.1. The van der Waals surface area contributed by atoms with Crippen LogP contribution in [-0.2, 0) is 14.3 Å². The second-order valence-electron chi connectivity index (χ2n) is 5.78. The number of esters is 1. The summed E-state index contributed by atoms with van der Waals surface area (Å²) < 4.78 is 10.8. The van der Waals surface area contributed by atoms with E-state index in [1.165, 1.54) is 0 Å². The van der Waals surface area contributed by atoms with Crippen molar-refractivity contribution in [2.45, 2.75) is 6.92 Å². The van der Waals surface area contributed by atoms with Crippen molar-refractivity contribution in [1.29, 1.82) is 0 Å². The van der Waals surface area contributed by atoms with Gasteiger partial charge in [-0.2, -0.15) is 0 Å². The van der Waals surface area contributed by atoms with Crippen molar-refractivity contribution >= 4 is 68.2 Å². The number of ether oxygens (including phenoxy) is 2. The maximum absolute atomic E-state index is 12.7. The number of halogens is 2. The van der Waals surface area contributed by atoms with Crippen LogP contribution in [0.1, 0.15) is 12.5 Å². The average molecular weight is 497 g/mol. The maximum Gasteiger partial charge on any atom is 0.344 e. The highest BCUT2D eigenvalue weighted by Crippen LogP contribution is 2.36. The minimum Gasteiger partial charge on any atom is -0.481 e. The highest BCUT2D eigenvalue weighted by Gasteiger charge is 2.36. The van der Waals surface area contributed by atoms with Crippen LogP contribution in [0, 0.1) is 0 Å². The van der Waals surface area contributed by atoms with Crippen LogP contribution in [0.3, 0.4) is 0 Å². The van der Waals surface area contributed by atoms with Gasteiger partial charge in [-0.25, -0.2) is 9.69 Å². The van der Waals surface area contributed by atoms with Gasteiger partial charge in [-0.3, -0.25) is 9.59 Å². The van der Waals surface area contributed by atoms with Crippen LogP contribution in [0.4, 0.5) is 10.5 Å². The van der Waals surface area contributed by atoms with E-state index in [0.717, 1.165) is 16.7 Å². The maximum atomic E-state index is 12.7. The van der Waals surface area contributed by atoms with Crippen LogP contribution < -0.4 is 9.64 Å². The van der Waals surface area contributed by atoms with Crippen LogP contribution in [0.25, 0.3) is 6.08 Å². The van der Waals surface area contributed by atoms with Gasteiger partial charge in [0.15, 0.2) is 6.61 Å². The van der Waals surface area contributed by atoms with Gasteiger partial charge < -0.3 is 9.47 Å². The number of hydrogen-bond donors (Lipinski definition) is 0. The van der Waals surface area contributed by atoms with E-state index >= 15 is 0 Å². The summed E-state index contributed by atoms with van der Waals surface area (Å²) in [6.45, 7) is 1.80. The summed E-state index contributed by atoms with van der Waals surface area (Å²) in [4.78, 5) is 37.8. The number of anilines is 1. The Bertz CT molecular complexity index is 993. The van der Waals surface area contributed by atoms with Crippen molar-refractivity contribution in [3.8, 4) is 5.75 Å². The van der Waals surface area contributed by atoms with Gasteiger partial charge in [0.05, 0.1) is 21.7 Å². The molecular formula is C20H15BrClNO5S. The van der Waals surface area contributed by atoms with Gasteiger partial charge in [-0.15, -0.1) is 0 Å². The first kappa shape index (κ1) is 21.4. The van der Waals surface area contributed by atoms with Crippen molar-refractivity contribution < 1.29 is 23.9 Å².